The lowest BCUT2D eigenvalue weighted by Crippen LogP contribution is -2.22. The predicted octanol–water partition coefficient (Wildman–Crippen LogP) is 2.07. The standard InChI is InChI=1S/C10H12BrFN2O/c1-14-3-2-8(6-14)15-10-9(12)4-7(11)5-13-10/h4-5,8H,2-3,6H2,1H3. The van der Waals surface area contributed by atoms with E-state index in [-0.39, 0.29) is 12.0 Å². The van der Waals surface area contributed by atoms with Crippen LogP contribution in [0.1, 0.15) is 6.42 Å². The van der Waals surface area contributed by atoms with Crippen LogP contribution in [0, 0.1) is 5.82 Å². The molecule has 0 aliphatic carbocycles. The average molecular weight is 275 g/mol. The molecule has 1 aliphatic heterocycles. The molecule has 1 aromatic rings. The Labute approximate surface area is 96.4 Å². The molecule has 0 aromatic carbocycles. The molecule has 0 saturated carbocycles. The largest absolute Gasteiger partial charge is 0.471 e. The van der Waals surface area contributed by atoms with Crippen molar-refractivity contribution in [3.63, 3.8) is 0 Å². The normalized spacial score (nSPS) is 21.9. The molecule has 0 spiro atoms. The van der Waals surface area contributed by atoms with Gasteiger partial charge in [0.05, 0.1) is 0 Å². The highest BCUT2D eigenvalue weighted by atomic mass is 79.9. The number of pyridine rings is 1. The smallest absolute Gasteiger partial charge is 0.250 e. The molecule has 5 heteroatoms. The fourth-order valence-corrected chi connectivity index (χ4v) is 1.94. The molecule has 3 nitrogen and oxygen atoms in total. The van der Waals surface area contributed by atoms with E-state index >= 15 is 0 Å². The zero-order chi connectivity index (χ0) is 10.8. The summed E-state index contributed by atoms with van der Waals surface area (Å²) >= 11 is 3.15. The van der Waals surface area contributed by atoms with Crippen molar-refractivity contribution in [1.82, 2.24) is 9.88 Å². The van der Waals surface area contributed by atoms with Crippen LogP contribution in [0.3, 0.4) is 0 Å². The number of hydrogen-bond donors (Lipinski definition) is 0. The van der Waals surface area contributed by atoms with Crippen molar-refractivity contribution in [2.75, 3.05) is 20.1 Å². The van der Waals surface area contributed by atoms with Gasteiger partial charge in [-0.3, -0.25) is 0 Å². The van der Waals surface area contributed by atoms with E-state index in [9.17, 15) is 4.39 Å². The van der Waals surface area contributed by atoms with Gasteiger partial charge in [-0.2, -0.15) is 0 Å². The van der Waals surface area contributed by atoms with Crippen LogP contribution >= 0.6 is 15.9 Å². The van der Waals surface area contributed by atoms with Crippen LogP contribution in [0.15, 0.2) is 16.7 Å². The van der Waals surface area contributed by atoms with Crippen molar-refractivity contribution >= 4 is 15.9 Å². The Hall–Kier alpha value is -0.680. The number of hydrogen-bond acceptors (Lipinski definition) is 3. The number of likely N-dealkylation sites (tertiary alicyclic amines) is 1. The second kappa shape index (κ2) is 4.45. The zero-order valence-electron chi connectivity index (χ0n) is 8.41. The van der Waals surface area contributed by atoms with Gasteiger partial charge in [-0.15, -0.1) is 0 Å². The number of likely N-dealkylation sites (N-methyl/N-ethyl adjacent to an activating group) is 1. The molecule has 1 saturated heterocycles. The van der Waals surface area contributed by atoms with Gasteiger partial charge < -0.3 is 9.64 Å². The Kier molecular flexibility index (Phi) is 3.21. The third-order valence-electron chi connectivity index (χ3n) is 2.40. The second-order valence-electron chi connectivity index (χ2n) is 3.73. The van der Waals surface area contributed by atoms with Gasteiger partial charge in [0.1, 0.15) is 6.10 Å². The van der Waals surface area contributed by atoms with Crippen LogP contribution in [-0.4, -0.2) is 36.1 Å². The van der Waals surface area contributed by atoms with Crippen LogP contribution in [0.25, 0.3) is 0 Å². The molecule has 1 atom stereocenters. The average Bonchev–Trinajstić information content (AvgIpc) is 2.56. The fourth-order valence-electron chi connectivity index (χ4n) is 1.64. The molecule has 1 fully saturated rings. The lowest BCUT2D eigenvalue weighted by molar-refractivity contribution is 0.190. The van der Waals surface area contributed by atoms with Crippen molar-refractivity contribution < 1.29 is 9.13 Å². The summed E-state index contributed by atoms with van der Waals surface area (Å²) in [5.41, 5.74) is 0. The zero-order valence-corrected chi connectivity index (χ0v) is 10.00. The summed E-state index contributed by atoms with van der Waals surface area (Å²) in [6.07, 6.45) is 2.52. The summed E-state index contributed by atoms with van der Waals surface area (Å²) in [5.74, 6) is -0.322. The lowest BCUT2D eigenvalue weighted by atomic mass is 10.3. The molecule has 15 heavy (non-hydrogen) atoms. The van der Waals surface area contributed by atoms with Crippen LogP contribution in [-0.2, 0) is 0 Å². The number of ether oxygens (including phenoxy) is 1. The van der Waals surface area contributed by atoms with Gasteiger partial charge in [0.15, 0.2) is 5.82 Å². The lowest BCUT2D eigenvalue weighted by Gasteiger charge is -2.13. The van der Waals surface area contributed by atoms with E-state index < -0.39 is 5.82 Å². The van der Waals surface area contributed by atoms with E-state index in [2.05, 4.69) is 25.8 Å². The SMILES string of the molecule is CN1CCC(Oc2ncc(Br)cc2F)C1. The molecule has 0 radical (unpaired) electrons. The van der Waals surface area contributed by atoms with Crippen molar-refractivity contribution in [3.8, 4) is 5.88 Å². The summed E-state index contributed by atoms with van der Waals surface area (Å²) in [7, 11) is 2.02. The summed E-state index contributed by atoms with van der Waals surface area (Å²) in [5, 5.41) is 0. The first-order valence-electron chi connectivity index (χ1n) is 4.81. The van der Waals surface area contributed by atoms with Gasteiger partial charge in [0.2, 0.25) is 0 Å². The minimum Gasteiger partial charge on any atom is -0.471 e. The van der Waals surface area contributed by atoms with Crippen molar-refractivity contribution in [2.24, 2.45) is 0 Å². The first-order valence-corrected chi connectivity index (χ1v) is 5.60. The Morgan fingerprint density at radius 1 is 1.67 bits per heavy atom. The van der Waals surface area contributed by atoms with Gasteiger partial charge in [0, 0.05) is 23.8 Å². The Balaban J connectivity index is 2.04. The van der Waals surface area contributed by atoms with E-state index in [0.717, 1.165) is 19.5 Å². The molecule has 2 heterocycles. The van der Waals surface area contributed by atoms with Gasteiger partial charge in [-0.1, -0.05) is 0 Å². The van der Waals surface area contributed by atoms with Crippen molar-refractivity contribution in [3.05, 3.63) is 22.6 Å². The second-order valence-corrected chi connectivity index (χ2v) is 4.65. The Bertz CT molecular complexity index is 361. The van der Waals surface area contributed by atoms with Gasteiger partial charge in [-0.05, 0) is 35.5 Å². The first kappa shape index (κ1) is 10.8. The molecule has 1 aromatic heterocycles. The maximum Gasteiger partial charge on any atom is 0.250 e. The van der Waals surface area contributed by atoms with Gasteiger partial charge in [0.25, 0.3) is 5.88 Å². The number of aromatic nitrogens is 1. The Morgan fingerprint density at radius 3 is 3.07 bits per heavy atom. The molecule has 1 unspecified atom stereocenters. The molecule has 2 rings (SSSR count). The minimum absolute atomic E-state index is 0.0539. The maximum atomic E-state index is 13.4. The highest BCUT2D eigenvalue weighted by Gasteiger charge is 2.22. The maximum absolute atomic E-state index is 13.4. The van der Waals surface area contributed by atoms with Gasteiger partial charge in [-0.25, -0.2) is 9.37 Å². The van der Waals surface area contributed by atoms with E-state index in [1.807, 2.05) is 7.05 Å². The van der Waals surface area contributed by atoms with Gasteiger partial charge >= 0.3 is 0 Å². The first-order chi connectivity index (χ1) is 7.15. The van der Waals surface area contributed by atoms with Crippen LogP contribution in [0.2, 0.25) is 0 Å². The van der Waals surface area contributed by atoms with E-state index in [1.54, 1.807) is 0 Å². The third kappa shape index (κ3) is 2.66. The molecule has 0 N–H and O–H groups in total. The number of nitrogens with zero attached hydrogens (tertiary/aromatic N) is 2. The molecule has 0 amide bonds. The van der Waals surface area contributed by atoms with Crippen LogP contribution < -0.4 is 4.74 Å². The number of halogens is 2. The quantitative estimate of drug-likeness (QED) is 0.826. The van der Waals surface area contributed by atoms with Crippen molar-refractivity contribution in [1.29, 1.82) is 0 Å². The molecule has 0 bridgehead atoms. The minimum atomic E-state index is -0.418. The van der Waals surface area contributed by atoms with E-state index in [1.165, 1.54) is 12.3 Å². The fraction of sp³-hybridized carbons (Fsp3) is 0.500. The van der Waals surface area contributed by atoms with Crippen LogP contribution in [0.5, 0.6) is 5.88 Å². The molecular weight excluding hydrogens is 263 g/mol. The Morgan fingerprint density at radius 2 is 2.47 bits per heavy atom. The van der Waals surface area contributed by atoms with Crippen LogP contribution in [0.4, 0.5) is 4.39 Å². The summed E-state index contributed by atoms with van der Waals surface area (Å²) in [4.78, 5) is 6.06. The number of rotatable bonds is 2. The summed E-state index contributed by atoms with van der Waals surface area (Å²) in [6, 6.07) is 1.36. The highest BCUT2D eigenvalue weighted by Crippen LogP contribution is 2.21. The summed E-state index contributed by atoms with van der Waals surface area (Å²) in [6.45, 7) is 1.82. The topological polar surface area (TPSA) is 25.4 Å². The third-order valence-corrected chi connectivity index (χ3v) is 2.83. The van der Waals surface area contributed by atoms with E-state index in [0.29, 0.717) is 4.47 Å². The highest BCUT2D eigenvalue weighted by molar-refractivity contribution is 9.10. The molecule has 82 valence electrons. The summed E-state index contributed by atoms with van der Waals surface area (Å²) < 4.78 is 19.5. The predicted molar refractivity (Wildman–Crippen MR) is 58.4 cm³/mol. The monoisotopic (exact) mass is 274 g/mol. The molecular formula is C10H12BrFN2O. The van der Waals surface area contributed by atoms with Crippen molar-refractivity contribution in [2.45, 2.75) is 12.5 Å². The molecule has 1 aliphatic rings. The van der Waals surface area contributed by atoms with E-state index in [4.69, 9.17) is 4.74 Å².